The molecule has 140 valence electrons. The zero-order chi connectivity index (χ0) is 18.7. The highest BCUT2D eigenvalue weighted by Gasteiger charge is 2.37. The summed E-state index contributed by atoms with van der Waals surface area (Å²) >= 11 is 0. The van der Waals surface area contributed by atoms with Gasteiger partial charge < -0.3 is 15.3 Å². The van der Waals surface area contributed by atoms with E-state index >= 15 is 0 Å². The van der Waals surface area contributed by atoms with Gasteiger partial charge in [-0.3, -0.25) is 9.59 Å². The number of phenolic OH excluding ortho intramolecular Hbond substituents is 1. The van der Waals surface area contributed by atoms with Crippen molar-refractivity contribution in [2.75, 3.05) is 11.9 Å². The molecule has 1 aromatic carbocycles. The second-order valence-electron chi connectivity index (χ2n) is 7.63. The molecule has 2 N–H and O–H groups in total. The largest absolute Gasteiger partial charge is 0.507 e. The summed E-state index contributed by atoms with van der Waals surface area (Å²) in [6.45, 7) is 6.26. The highest BCUT2D eigenvalue weighted by atomic mass is 16.3. The number of anilines is 1. The van der Waals surface area contributed by atoms with Crippen LogP contribution in [0.3, 0.4) is 0 Å². The number of nitrogens with one attached hydrogen (secondary N) is 1. The molecule has 0 spiro atoms. The lowest BCUT2D eigenvalue weighted by Crippen LogP contribution is -2.34. The number of phenols is 1. The van der Waals surface area contributed by atoms with Gasteiger partial charge in [-0.2, -0.15) is 0 Å². The van der Waals surface area contributed by atoms with Crippen LogP contribution < -0.4 is 5.32 Å². The maximum Gasteiger partial charge on any atom is 0.257 e. The van der Waals surface area contributed by atoms with Crippen LogP contribution in [0.1, 0.15) is 55.8 Å². The smallest absolute Gasteiger partial charge is 0.257 e. The standard InChI is InChI=1S/C21H28N2O3/c1-3-20(25)22-17-9-10-19(24)18(12-17)21(26)23-13-16(11-14(23)2)15-7-5-4-6-8-15/h3,9-10,12,14-16,24H,1,4-8,11,13H2,2H3,(H,22,25). The van der Waals surface area contributed by atoms with Crippen LogP contribution in [-0.2, 0) is 4.79 Å². The van der Waals surface area contributed by atoms with Gasteiger partial charge in [0.1, 0.15) is 5.75 Å². The van der Waals surface area contributed by atoms with E-state index in [-0.39, 0.29) is 29.2 Å². The molecule has 1 saturated heterocycles. The Balaban J connectivity index is 1.74. The van der Waals surface area contributed by atoms with Gasteiger partial charge in [0.15, 0.2) is 0 Å². The molecule has 0 radical (unpaired) electrons. The number of amides is 2. The first kappa shape index (κ1) is 18.5. The summed E-state index contributed by atoms with van der Waals surface area (Å²) in [7, 11) is 0. The van der Waals surface area contributed by atoms with E-state index in [1.807, 2.05) is 4.90 Å². The second kappa shape index (κ2) is 7.94. The number of rotatable bonds is 4. The Labute approximate surface area is 155 Å². The third kappa shape index (κ3) is 3.92. The average molecular weight is 356 g/mol. The summed E-state index contributed by atoms with van der Waals surface area (Å²) in [5, 5.41) is 12.8. The SMILES string of the molecule is C=CC(=O)Nc1ccc(O)c(C(=O)N2CC(C3CCCCC3)CC2C)c1. The van der Waals surface area contributed by atoms with E-state index in [4.69, 9.17) is 0 Å². The van der Waals surface area contributed by atoms with E-state index in [1.165, 1.54) is 44.2 Å². The van der Waals surface area contributed by atoms with Gasteiger partial charge in [0.2, 0.25) is 5.91 Å². The summed E-state index contributed by atoms with van der Waals surface area (Å²) in [5.74, 6) is 0.708. The first-order chi connectivity index (χ1) is 12.5. The molecular weight excluding hydrogens is 328 g/mol. The number of hydrogen-bond acceptors (Lipinski definition) is 3. The van der Waals surface area contributed by atoms with E-state index in [0.29, 0.717) is 11.6 Å². The van der Waals surface area contributed by atoms with E-state index in [2.05, 4.69) is 18.8 Å². The molecule has 5 nitrogen and oxygen atoms in total. The van der Waals surface area contributed by atoms with Crippen molar-refractivity contribution < 1.29 is 14.7 Å². The molecule has 1 heterocycles. The van der Waals surface area contributed by atoms with Crippen molar-refractivity contribution in [2.45, 2.75) is 51.5 Å². The van der Waals surface area contributed by atoms with Crippen molar-refractivity contribution in [3.05, 3.63) is 36.4 Å². The van der Waals surface area contributed by atoms with E-state index in [1.54, 1.807) is 12.1 Å². The Morgan fingerprint density at radius 1 is 1.23 bits per heavy atom. The van der Waals surface area contributed by atoms with Gasteiger partial charge in [-0.05, 0) is 49.5 Å². The number of likely N-dealkylation sites (tertiary alicyclic amines) is 1. The third-order valence-corrected chi connectivity index (χ3v) is 5.86. The number of benzene rings is 1. The van der Waals surface area contributed by atoms with Crippen LogP contribution in [0.4, 0.5) is 5.69 Å². The number of hydrogen-bond donors (Lipinski definition) is 2. The van der Waals surface area contributed by atoms with Crippen molar-refractivity contribution in [1.82, 2.24) is 4.90 Å². The van der Waals surface area contributed by atoms with Gasteiger partial charge >= 0.3 is 0 Å². The monoisotopic (exact) mass is 356 g/mol. The zero-order valence-corrected chi connectivity index (χ0v) is 15.4. The topological polar surface area (TPSA) is 69.6 Å². The Morgan fingerprint density at radius 2 is 1.96 bits per heavy atom. The number of carbonyl (C=O) groups is 2. The first-order valence-corrected chi connectivity index (χ1v) is 9.57. The minimum Gasteiger partial charge on any atom is -0.507 e. The third-order valence-electron chi connectivity index (χ3n) is 5.86. The molecule has 0 bridgehead atoms. The minimum atomic E-state index is -0.346. The quantitative estimate of drug-likeness (QED) is 0.634. The van der Waals surface area contributed by atoms with Crippen LogP contribution >= 0.6 is 0 Å². The Hall–Kier alpha value is -2.30. The summed E-state index contributed by atoms with van der Waals surface area (Å²) in [6.07, 6.45) is 8.68. The Kier molecular flexibility index (Phi) is 5.64. The molecule has 2 atom stereocenters. The average Bonchev–Trinajstić information content (AvgIpc) is 3.05. The van der Waals surface area contributed by atoms with Crippen molar-refractivity contribution in [2.24, 2.45) is 11.8 Å². The highest BCUT2D eigenvalue weighted by Crippen LogP contribution is 2.38. The van der Waals surface area contributed by atoms with E-state index in [0.717, 1.165) is 18.9 Å². The minimum absolute atomic E-state index is 0.0556. The molecule has 1 aromatic rings. The van der Waals surface area contributed by atoms with E-state index < -0.39 is 0 Å². The Morgan fingerprint density at radius 3 is 2.65 bits per heavy atom. The summed E-state index contributed by atoms with van der Waals surface area (Å²) in [4.78, 5) is 26.4. The lowest BCUT2D eigenvalue weighted by molar-refractivity contribution is -0.111. The maximum atomic E-state index is 13.0. The Bertz CT molecular complexity index is 694. The zero-order valence-electron chi connectivity index (χ0n) is 15.4. The molecule has 26 heavy (non-hydrogen) atoms. The molecule has 0 aromatic heterocycles. The lowest BCUT2D eigenvalue weighted by Gasteiger charge is -2.27. The van der Waals surface area contributed by atoms with Crippen molar-refractivity contribution in [3.8, 4) is 5.75 Å². The van der Waals surface area contributed by atoms with Gasteiger partial charge in [0, 0.05) is 18.3 Å². The molecule has 1 aliphatic carbocycles. The van der Waals surface area contributed by atoms with Crippen LogP contribution in [0.5, 0.6) is 5.75 Å². The fraction of sp³-hybridized carbons (Fsp3) is 0.524. The van der Waals surface area contributed by atoms with Gasteiger partial charge in [-0.25, -0.2) is 0 Å². The molecule has 5 heteroatoms. The number of nitrogens with zero attached hydrogens (tertiary/aromatic N) is 1. The first-order valence-electron chi connectivity index (χ1n) is 9.57. The molecular formula is C21H28N2O3. The fourth-order valence-electron chi connectivity index (χ4n) is 4.44. The molecule has 3 rings (SSSR count). The van der Waals surface area contributed by atoms with Gasteiger partial charge in [0.05, 0.1) is 5.56 Å². The van der Waals surface area contributed by atoms with Crippen molar-refractivity contribution in [3.63, 3.8) is 0 Å². The normalized spacial score (nSPS) is 23.7. The maximum absolute atomic E-state index is 13.0. The molecule has 2 amide bonds. The van der Waals surface area contributed by atoms with Crippen LogP contribution in [0, 0.1) is 11.8 Å². The lowest BCUT2D eigenvalue weighted by atomic mass is 9.79. The highest BCUT2D eigenvalue weighted by molar-refractivity contribution is 6.02. The van der Waals surface area contributed by atoms with Gasteiger partial charge in [-0.15, -0.1) is 0 Å². The summed E-state index contributed by atoms with van der Waals surface area (Å²) in [5.41, 5.74) is 0.717. The van der Waals surface area contributed by atoms with Gasteiger partial charge in [0.25, 0.3) is 5.91 Å². The second-order valence-corrected chi connectivity index (χ2v) is 7.63. The molecule has 2 aliphatic rings. The van der Waals surface area contributed by atoms with Gasteiger partial charge in [-0.1, -0.05) is 38.7 Å². The molecule has 2 unspecified atom stereocenters. The molecule has 2 fully saturated rings. The van der Waals surface area contributed by atoms with Crippen LogP contribution in [0.2, 0.25) is 0 Å². The summed E-state index contributed by atoms with van der Waals surface area (Å²) < 4.78 is 0. The van der Waals surface area contributed by atoms with E-state index in [9.17, 15) is 14.7 Å². The predicted octanol–water partition coefficient (Wildman–Crippen LogP) is 3.95. The number of aromatic hydroxyl groups is 1. The van der Waals surface area contributed by atoms with Crippen LogP contribution in [0.15, 0.2) is 30.9 Å². The van der Waals surface area contributed by atoms with Crippen molar-refractivity contribution >= 4 is 17.5 Å². The fourth-order valence-corrected chi connectivity index (χ4v) is 4.44. The van der Waals surface area contributed by atoms with Crippen LogP contribution in [-0.4, -0.2) is 34.4 Å². The molecule has 1 saturated carbocycles. The van der Waals surface area contributed by atoms with Crippen molar-refractivity contribution in [1.29, 1.82) is 0 Å². The summed E-state index contributed by atoms with van der Waals surface area (Å²) in [6, 6.07) is 4.73. The van der Waals surface area contributed by atoms with Crippen LogP contribution in [0.25, 0.3) is 0 Å². The predicted molar refractivity (Wildman–Crippen MR) is 102 cm³/mol. The number of carbonyl (C=O) groups excluding carboxylic acids is 2. The molecule has 1 aliphatic heterocycles.